The zero-order chi connectivity index (χ0) is 16.4. The van der Waals surface area contributed by atoms with E-state index in [4.69, 9.17) is 10.5 Å². The molecule has 0 bridgehead atoms. The largest absolute Gasteiger partial charge is 0.381 e. The summed E-state index contributed by atoms with van der Waals surface area (Å²) in [4.78, 5) is 11.9. The van der Waals surface area contributed by atoms with Gasteiger partial charge in [0.25, 0.3) is 0 Å². The number of nitrogens with one attached hydrogen (secondary N) is 1. The highest BCUT2D eigenvalue weighted by atomic mass is 79.9. The molecule has 1 aromatic rings. The highest BCUT2D eigenvalue weighted by Crippen LogP contribution is 2.31. The first-order chi connectivity index (χ1) is 10.3. The van der Waals surface area contributed by atoms with Crippen LogP contribution in [0.5, 0.6) is 0 Å². The molecule has 1 aromatic carbocycles. The van der Waals surface area contributed by atoms with E-state index < -0.39 is 21.3 Å². The molecule has 3 N–H and O–H groups in total. The lowest BCUT2D eigenvalue weighted by Gasteiger charge is -2.34. The van der Waals surface area contributed by atoms with Crippen LogP contribution in [0.15, 0.2) is 32.0 Å². The molecule has 2 rings (SSSR count). The molecule has 1 saturated heterocycles. The van der Waals surface area contributed by atoms with E-state index in [1.807, 2.05) is 0 Å². The first-order valence-corrected chi connectivity index (χ1v) is 9.66. The van der Waals surface area contributed by atoms with E-state index >= 15 is 0 Å². The van der Waals surface area contributed by atoms with Crippen LogP contribution in [-0.2, 0) is 19.6 Å². The molecule has 1 heterocycles. The van der Waals surface area contributed by atoms with Crippen molar-refractivity contribution in [3.8, 4) is 0 Å². The number of carbonyl (C=O) groups is 1. The smallest absolute Gasteiger partial charge is 0.241 e. The summed E-state index contributed by atoms with van der Waals surface area (Å²) in [6, 6.07) is 4.86. The minimum absolute atomic E-state index is 0.0347. The molecule has 1 aliphatic heterocycles. The minimum atomic E-state index is -3.76. The van der Waals surface area contributed by atoms with E-state index in [2.05, 4.69) is 36.6 Å². The molecule has 6 nitrogen and oxygen atoms in total. The zero-order valence-electron chi connectivity index (χ0n) is 11.6. The number of carbonyl (C=O) groups excluding carboxylic acids is 1. The number of rotatable bonds is 5. The molecule has 1 amide bonds. The number of ether oxygens (including phenoxy) is 1. The van der Waals surface area contributed by atoms with Gasteiger partial charge in [-0.3, -0.25) is 4.79 Å². The van der Waals surface area contributed by atoms with Gasteiger partial charge in [-0.1, -0.05) is 15.9 Å². The predicted octanol–water partition coefficient (Wildman–Crippen LogP) is 1.77. The number of sulfonamides is 1. The molecule has 1 fully saturated rings. The Morgan fingerprint density at radius 2 is 1.95 bits per heavy atom. The number of hydrogen-bond acceptors (Lipinski definition) is 4. The van der Waals surface area contributed by atoms with Crippen LogP contribution in [0.4, 0.5) is 0 Å². The topological polar surface area (TPSA) is 98.5 Å². The summed E-state index contributed by atoms with van der Waals surface area (Å²) in [6.45, 7) is 0.753. The third-order valence-electron chi connectivity index (χ3n) is 3.76. The summed E-state index contributed by atoms with van der Waals surface area (Å²) in [5.74, 6) is -0.508. The van der Waals surface area contributed by atoms with Gasteiger partial charge in [0.1, 0.15) is 0 Å². The van der Waals surface area contributed by atoms with Crippen molar-refractivity contribution in [1.82, 2.24) is 4.72 Å². The normalized spacial score (nSPS) is 18.1. The van der Waals surface area contributed by atoms with Crippen LogP contribution < -0.4 is 10.5 Å². The molecular weight excluding hydrogens is 440 g/mol. The van der Waals surface area contributed by atoms with Gasteiger partial charge in [0.05, 0.1) is 10.3 Å². The van der Waals surface area contributed by atoms with Gasteiger partial charge in [-0.05, 0) is 47.0 Å². The summed E-state index contributed by atoms with van der Waals surface area (Å²) in [7, 11) is -3.76. The maximum Gasteiger partial charge on any atom is 0.241 e. The molecular formula is C13H16Br2N2O4S. The maximum atomic E-state index is 12.5. The van der Waals surface area contributed by atoms with Gasteiger partial charge in [-0.25, -0.2) is 13.1 Å². The Balaban J connectivity index is 2.21. The Labute approximate surface area is 146 Å². The van der Waals surface area contributed by atoms with E-state index in [1.165, 1.54) is 6.07 Å². The second-order valence-electron chi connectivity index (χ2n) is 5.16. The van der Waals surface area contributed by atoms with Crippen LogP contribution in [0.2, 0.25) is 0 Å². The van der Waals surface area contributed by atoms with Crippen molar-refractivity contribution in [2.24, 2.45) is 11.1 Å². The van der Waals surface area contributed by atoms with E-state index in [0.717, 1.165) is 0 Å². The Morgan fingerprint density at radius 1 is 1.32 bits per heavy atom. The third-order valence-corrected chi connectivity index (χ3v) is 6.64. The Hall–Kier alpha value is -0.480. The fourth-order valence-electron chi connectivity index (χ4n) is 2.27. The SMILES string of the molecule is NC(=O)C1(CNS(=O)(=O)c2cc(Br)ccc2Br)CCOCC1. The summed E-state index contributed by atoms with van der Waals surface area (Å²) in [5.41, 5.74) is 4.58. The highest BCUT2D eigenvalue weighted by Gasteiger charge is 2.39. The van der Waals surface area contributed by atoms with Gasteiger partial charge in [0, 0.05) is 28.7 Å². The van der Waals surface area contributed by atoms with Crippen molar-refractivity contribution in [3.63, 3.8) is 0 Å². The predicted molar refractivity (Wildman–Crippen MR) is 88.7 cm³/mol. The van der Waals surface area contributed by atoms with Crippen LogP contribution in [0.25, 0.3) is 0 Å². The van der Waals surface area contributed by atoms with Crippen molar-refractivity contribution >= 4 is 47.8 Å². The summed E-state index contributed by atoms with van der Waals surface area (Å²) < 4.78 is 33.8. The lowest BCUT2D eigenvalue weighted by Crippen LogP contribution is -2.49. The fourth-order valence-corrected chi connectivity index (χ4v) is 4.89. The number of primary amides is 1. The lowest BCUT2D eigenvalue weighted by molar-refractivity contribution is -0.132. The molecule has 0 aromatic heterocycles. The molecule has 0 radical (unpaired) electrons. The zero-order valence-corrected chi connectivity index (χ0v) is 15.6. The molecule has 0 spiro atoms. The second kappa shape index (κ2) is 6.96. The van der Waals surface area contributed by atoms with Gasteiger partial charge in [-0.2, -0.15) is 0 Å². The van der Waals surface area contributed by atoms with Crippen LogP contribution >= 0.6 is 31.9 Å². The van der Waals surface area contributed by atoms with E-state index in [0.29, 0.717) is 35.0 Å². The van der Waals surface area contributed by atoms with Gasteiger partial charge >= 0.3 is 0 Å². The van der Waals surface area contributed by atoms with Crippen LogP contribution in [-0.4, -0.2) is 34.1 Å². The monoisotopic (exact) mass is 454 g/mol. The number of halogens is 2. The standard InChI is InChI=1S/C13H16Br2N2O4S/c14-9-1-2-10(15)11(7-9)22(19,20)17-8-13(12(16)18)3-5-21-6-4-13/h1-2,7,17H,3-6,8H2,(H2,16,18). The van der Waals surface area contributed by atoms with E-state index in [9.17, 15) is 13.2 Å². The average Bonchev–Trinajstić information content (AvgIpc) is 2.48. The molecule has 122 valence electrons. The molecule has 0 unspecified atom stereocenters. The quantitative estimate of drug-likeness (QED) is 0.706. The number of hydrogen-bond donors (Lipinski definition) is 2. The number of nitrogens with two attached hydrogens (primary N) is 1. The number of benzene rings is 1. The average molecular weight is 456 g/mol. The highest BCUT2D eigenvalue weighted by molar-refractivity contribution is 9.11. The van der Waals surface area contributed by atoms with Crippen molar-refractivity contribution in [2.75, 3.05) is 19.8 Å². The van der Waals surface area contributed by atoms with Crippen LogP contribution in [0.1, 0.15) is 12.8 Å². The molecule has 0 saturated carbocycles. The van der Waals surface area contributed by atoms with E-state index in [-0.39, 0.29) is 11.4 Å². The van der Waals surface area contributed by atoms with Crippen molar-refractivity contribution in [3.05, 3.63) is 27.1 Å². The van der Waals surface area contributed by atoms with Gasteiger partial charge in [0.15, 0.2) is 0 Å². The summed E-state index contributed by atoms with van der Waals surface area (Å²) >= 11 is 6.47. The molecule has 0 aliphatic carbocycles. The Kier molecular flexibility index (Phi) is 5.65. The van der Waals surface area contributed by atoms with Crippen LogP contribution in [0, 0.1) is 5.41 Å². The molecule has 9 heteroatoms. The minimum Gasteiger partial charge on any atom is -0.381 e. The maximum absolute atomic E-state index is 12.5. The van der Waals surface area contributed by atoms with Crippen molar-refractivity contribution in [2.45, 2.75) is 17.7 Å². The first-order valence-electron chi connectivity index (χ1n) is 6.59. The second-order valence-corrected chi connectivity index (χ2v) is 8.66. The van der Waals surface area contributed by atoms with Gasteiger partial charge in [0.2, 0.25) is 15.9 Å². The van der Waals surface area contributed by atoms with Crippen molar-refractivity contribution < 1.29 is 17.9 Å². The van der Waals surface area contributed by atoms with E-state index in [1.54, 1.807) is 12.1 Å². The summed E-state index contributed by atoms with van der Waals surface area (Å²) in [5, 5.41) is 0. The lowest BCUT2D eigenvalue weighted by atomic mass is 9.80. The molecule has 22 heavy (non-hydrogen) atoms. The third kappa shape index (κ3) is 3.88. The Morgan fingerprint density at radius 3 is 2.55 bits per heavy atom. The van der Waals surface area contributed by atoms with Crippen LogP contribution in [0.3, 0.4) is 0 Å². The first kappa shape index (κ1) is 17.9. The molecule has 1 aliphatic rings. The van der Waals surface area contributed by atoms with Crippen molar-refractivity contribution in [1.29, 1.82) is 0 Å². The number of amides is 1. The molecule has 0 atom stereocenters. The Bertz CT molecular complexity index is 673. The van der Waals surface area contributed by atoms with Gasteiger partial charge in [-0.15, -0.1) is 0 Å². The summed E-state index contributed by atoms with van der Waals surface area (Å²) in [6.07, 6.45) is 0.814. The fraction of sp³-hybridized carbons (Fsp3) is 0.462. The van der Waals surface area contributed by atoms with Gasteiger partial charge < -0.3 is 10.5 Å².